The number of rotatable bonds is 5. The smallest absolute Gasteiger partial charge is 0.402 e. The van der Waals surface area contributed by atoms with E-state index in [1.54, 1.807) is 10.9 Å². The van der Waals surface area contributed by atoms with Crippen LogP contribution in [0.15, 0.2) is 30.5 Å². The van der Waals surface area contributed by atoms with Crippen molar-refractivity contribution in [3.8, 4) is 11.4 Å². The molecule has 11 heteroatoms. The minimum atomic E-state index is -1.33. The fourth-order valence-corrected chi connectivity index (χ4v) is 3.88. The van der Waals surface area contributed by atoms with Gasteiger partial charge in [0, 0.05) is 18.9 Å². The Morgan fingerprint density at radius 1 is 1.16 bits per heavy atom. The van der Waals surface area contributed by atoms with Gasteiger partial charge in [-0.25, -0.2) is 9.78 Å². The van der Waals surface area contributed by atoms with Crippen LogP contribution in [0.1, 0.15) is 38.5 Å². The molecule has 5 rings (SSSR count). The van der Waals surface area contributed by atoms with Crippen molar-refractivity contribution in [1.82, 2.24) is 25.0 Å². The Kier molecular flexibility index (Phi) is 6.95. The summed E-state index contributed by atoms with van der Waals surface area (Å²) in [5, 5.41) is 19.1. The zero-order valence-corrected chi connectivity index (χ0v) is 17.7. The predicted molar refractivity (Wildman–Crippen MR) is 117 cm³/mol. The molecule has 1 saturated carbocycles. The van der Waals surface area contributed by atoms with Crippen molar-refractivity contribution < 1.29 is 19.4 Å². The van der Waals surface area contributed by atoms with Crippen LogP contribution in [-0.2, 0) is 4.74 Å². The zero-order valence-electron chi connectivity index (χ0n) is 17.7. The molecular formula is C21H27N7O4. The molecule has 1 aromatic carbocycles. The minimum absolute atomic E-state index is 0.226. The van der Waals surface area contributed by atoms with Crippen LogP contribution in [0, 0.1) is 0 Å². The van der Waals surface area contributed by atoms with E-state index in [0.717, 1.165) is 37.5 Å². The Morgan fingerprint density at radius 3 is 2.53 bits per heavy atom. The second-order valence-electron chi connectivity index (χ2n) is 7.79. The number of ether oxygens (including phenoxy) is 2. The lowest BCUT2D eigenvalue weighted by molar-refractivity contribution is 0.0256. The van der Waals surface area contributed by atoms with Crippen LogP contribution < -0.4 is 15.8 Å². The van der Waals surface area contributed by atoms with Crippen molar-refractivity contribution in [1.29, 1.82) is 0 Å². The molecule has 3 heterocycles. The molecule has 0 spiro atoms. The molecule has 1 saturated heterocycles. The van der Waals surface area contributed by atoms with Gasteiger partial charge in [-0.3, -0.25) is 0 Å². The average Bonchev–Trinajstić information content (AvgIpc) is 3.44. The minimum Gasteiger partial charge on any atom is -0.490 e. The van der Waals surface area contributed by atoms with Crippen LogP contribution in [-0.4, -0.2) is 61.5 Å². The second kappa shape index (κ2) is 10.2. The van der Waals surface area contributed by atoms with Gasteiger partial charge in [-0.15, -0.1) is 5.10 Å². The summed E-state index contributed by atoms with van der Waals surface area (Å²) in [5.41, 5.74) is 6.31. The number of hydrogen-bond acceptors (Lipinski definition) is 8. The fraction of sp³-hybridized carbons (Fsp3) is 0.476. The van der Waals surface area contributed by atoms with Crippen LogP contribution in [0.25, 0.3) is 16.9 Å². The SMILES string of the molecule is NC(=O)O.c1cc(-n2nnc3cnc(NC4CCCC4)nc32)ccc1OC1CCOCC1. The number of nitrogens with one attached hydrogen (secondary N) is 1. The number of anilines is 1. The molecule has 2 fully saturated rings. The second-order valence-corrected chi connectivity index (χ2v) is 7.79. The number of carboxylic acid groups (broad SMARTS) is 1. The van der Waals surface area contributed by atoms with E-state index in [-0.39, 0.29) is 6.10 Å². The van der Waals surface area contributed by atoms with Crippen LogP contribution >= 0.6 is 0 Å². The monoisotopic (exact) mass is 441 g/mol. The Balaban J connectivity index is 0.000000567. The highest BCUT2D eigenvalue weighted by Gasteiger charge is 2.18. The average molecular weight is 441 g/mol. The number of hydrogen-bond donors (Lipinski definition) is 3. The number of primary amides is 1. The number of fused-ring (bicyclic) bond motifs is 1. The molecule has 1 amide bonds. The molecule has 1 aliphatic heterocycles. The van der Waals surface area contributed by atoms with E-state index < -0.39 is 6.09 Å². The molecule has 2 aliphatic rings. The van der Waals surface area contributed by atoms with E-state index in [1.165, 1.54) is 25.7 Å². The summed E-state index contributed by atoms with van der Waals surface area (Å²) in [6.07, 6.45) is 7.37. The number of nitrogens with two attached hydrogens (primary N) is 1. The van der Waals surface area contributed by atoms with Crippen molar-refractivity contribution >= 4 is 23.2 Å². The standard InChI is InChI=1S/C20H24N6O2.CH3NO2/c1-2-4-14(3-1)22-20-21-13-18-19(23-20)26(25-24-18)15-5-7-16(8-6-15)28-17-9-11-27-12-10-17;2-1(3)4/h5-8,13-14,17H,1-4,9-12H2,(H,21,22,23);2H2,(H,3,4). The molecule has 170 valence electrons. The molecule has 4 N–H and O–H groups in total. The maximum Gasteiger partial charge on any atom is 0.402 e. The van der Waals surface area contributed by atoms with Crippen LogP contribution in [0.4, 0.5) is 10.7 Å². The highest BCUT2D eigenvalue weighted by molar-refractivity contribution is 5.72. The van der Waals surface area contributed by atoms with Gasteiger partial charge in [0.05, 0.1) is 25.1 Å². The van der Waals surface area contributed by atoms with Gasteiger partial charge < -0.3 is 25.6 Å². The number of nitrogens with zero attached hydrogens (tertiary/aromatic N) is 5. The molecule has 2 aromatic heterocycles. The fourth-order valence-electron chi connectivity index (χ4n) is 3.88. The lowest BCUT2D eigenvalue weighted by Crippen LogP contribution is -2.25. The third kappa shape index (κ3) is 5.61. The molecule has 0 radical (unpaired) electrons. The maximum absolute atomic E-state index is 8.78. The molecule has 1 aliphatic carbocycles. The van der Waals surface area contributed by atoms with Crippen molar-refractivity contribution in [2.45, 2.75) is 50.7 Å². The van der Waals surface area contributed by atoms with Crippen LogP contribution in [0.3, 0.4) is 0 Å². The number of amides is 1. The van der Waals surface area contributed by atoms with Crippen molar-refractivity contribution in [2.75, 3.05) is 18.5 Å². The Hall–Kier alpha value is -3.47. The summed E-state index contributed by atoms with van der Waals surface area (Å²) in [6.45, 7) is 1.54. The normalized spacial score (nSPS) is 17.0. The van der Waals surface area contributed by atoms with E-state index in [4.69, 9.17) is 19.4 Å². The van der Waals surface area contributed by atoms with E-state index in [9.17, 15) is 0 Å². The molecule has 32 heavy (non-hydrogen) atoms. The maximum atomic E-state index is 8.78. The lowest BCUT2D eigenvalue weighted by atomic mass is 10.1. The number of aromatic nitrogens is 5. The summed E-state index contributed by atoms with van der Waals surface area (Å²) >= 11 is 0. The van der Waals surface area contributed by atoms with Crippen LogP contribution in [0.2, 0.25) is 0 Å². The largest absolute Gasteiger partial charge is 0.490 e. The first-order valence-corrected chi connectivity index (χ1v) is 10.8. The Bertz CT molecular complexity index is 1020. The summed E-state index contributed by atoms with van der Waals surface area (Å²) in [6, 6.07) is 8.36. The number of carbonyl (C=O) groups is 1. The van der Waals surface area contributed by atoms with Gasteiger partial charge in [0.2, 0.25) is 5.95 Å². The van der Waals surface area contributed by atoms with Gasteiger partial charge in [-0.1, -0.05) is 18.1 Å². The van der Waals surface area contributed by atoms with Gasteiger partial charge in [-0.05, 0) is 37.1 Å². The summed E-state index contributed by atoms with van der Waals surface area (Å²) in [5.74, 6) is 1.50. The van der Waals surface area contributed by atoms with Crippen molar-refractivity contribution in [2.24, 2.45) is 5.73 Å². The highest BCUT2D eigenvalue weighted by atomic mass is 16.5. The topological polar surface area (TPSA) is 150 Å². The van der Waals surface area contributed by atoms with Crippen LogP contribution in [0.5, 0.6) is 5.75 Å². The van der Waals surface area contributed by atoms with Gasteiger partial charge in [0.15, 0.2) is 11.2 Å². The van der Waals surface area contributed by atoms with E-state index in [0.29, 0.717) is 23.2 Å². The third-order valence-electron chi connectivity index (χ3n) is 5.43. The summed E-state index contributed by atoms with van der Waals surface area (Å²) < 4.78 is 13.2. The highest BCUT2D eigenvalue weighted by Crippen LogP contribution is 2.23. The van der Waals surface area contributed by atoms with E-state index in [2.05, 4.69) is 31.3 Å². The summed E-state index contributed by atoms with van der Waals surface area (Å²) in [7, 11) is 0. The Labute approximate surface area is 184 Å². The van der Waals surface area contributed by atoms with Gasteiger partial charge in [-0.2, -0.15) is 9.67 Å². The predicted octanol–water partition coefficient (Wildman–Crippen LogP) is 2.75. The third-order valence-corrected chi connectivity index (χ3v) is 5.43. The lowest BCUT2D eigenvalue weighted by Gasteiger charge is -2.23. The zero-order chi connectivity index (χ0) is 22.3. The first-order valence-electron chi connectivity index (χ1n) is 10.8. The molecular weight excluding hydrogens is 414 g/mol. The van der Waals surface area contributed by atoms with Gasteiger partial charge >= 0.3 is 6.09 Å². The molecule has 0 bridgehead atoms. The Morgan fingerprint density at radius 2 is 1.84 bits per heavy atom. The molecule has 3 aromatic rings. The van der Waals surface area contributed by atoms with E-state index in [1.807, 2.05) is 24.3 Å². The molecule has 0 unspecified atom stereocenters. The first kappa shape index (κ1) is 21.8. The van der Waals surface area contributed by atoms with Gasteiger partial charge in [0.1, 0.15) is 11.9 Å². The summed E-state index contributed by atoms with van der Waals surface area (Å²) in [4.78, 5) is 17.8. The quantitative estimate of drug-likeness (QED) is 0.543. The van der Waals surface area contributed by atoms with Crippen molar-refractivity contribution in [3.63, 3.8) is 0 Å². The first-order chi connectivity index (χ1) is 15.6. The molecule has 0 atom stereocenters. The molecule has 11 nitrogen and oxygen atoms in total. The number of benzene rings is 1. The van der Waals surface area contributed by atoms with Gasteiger partial charge in [0.25, 0.3) is 0 Å². The van der Waals surface area contributed by atoms with E-state index >= 15 is 0 Å². The van der Waals surface area contributed by atoms with Crippen molar-refractivity contribution in [3.05, 3.63) is 30.5 Å².